The quantitative estimate of drug-likeness (QED) is 0.620. The Morgan fingerprint density at radius 3 is 2.68 bits per heavy atom. The third-order valence-corrected chi connectivity index (χ3v) is 8.88. The lowest BCUT2D eigenvalue weighted by Gasteiger charge is -2.31. The molecule has 1 aromatic carbocycles. The normalized spacial score (nSPS) is 17.8. The molecule has 0 radical (unpaired) electrons. The second-order valence-electron chi connectivity index (χ2n) is 8.01. The summed E-state index contributed by atoms with van der Waals surface area (Å²) in [6.07, 6.45) is 5.89. The van der Waals surface area contributed by atoms with Gasteiger partial charge in [0.2, 0.25) is 10.0 Å². The summed E-state index contributed by atoms with van der Waals surface area (Å²) in [5, 5.41) is 0.657. The summed E-state index contributed by atoms with van der Waals surface area (Å²) >= 11 is 1.55. The number of nitrogens with zero attached hydrogens (tertiary/aromatic N) is 4. The average Bonchev–Trinajstić information content (AvgIpc) is 3.21. The molecule has 31 heavy (non-hydrogen) atoms. The Morgan fingerprint density at radius 2 is 1.97 bits per heavy atom. The number of benzene rings is 1. The highest BCUT2D eigenvalue weighted by atomic mass is 32.2. The second kappa shape index (κ2) is 9.20. The van der Waals surface area contributed by atoms with Gasteiger partial charge in [-0.25, -0.2) is 13.4 Å². The maximum atomic E-state index is 13.4. The van der Waals surface area contributed by atoms with Crippen LogP contribution in [0.1, 0.15) is 33.8 Å². The second-order valence-corrected chi connectivity index (χ2v) is 11.0. The van der Waals surface area contributed by atoms with Crippen LogP contribution >= 0.6 is 11.3 Å². The van der Waals surface area contributed by atoms with E-state index in [1.807, 2.05) is 7.05 Å². The zero-order valence-corrected chi connectivity index (χ0v) is 19.4. The minimum absolute atomic E-state index is 0.153. The number of anilines is 1. The van der Waals surface area contributed by atoms with Gasteiger partial charge in [-0.1, -0.05) is 12.1 Å². The van der Waals surface area contributed by atoms with Crippen molar-refractivity contribution in [3.05, 3.63) is 53.1 Å². The molecular formula is C22H28N4O3S2. The summed E-state index contributed by atoms with van der Waals surface area (Å²) in [5.41, 5.74) is 1.42. The first kappa shape index (κ1) is 22.1. The van der Waals surface area contributed by atoms with Crippen LogP contribution in [-0.2, 0) is 22.9 Å². The first-order valence-corrected chi connectivity index (χ1v) is 12.9. The maximum Gasteiger partial charge on any atom is 0.260 e. The van der Waals surface area contributed by atoms with E-state index in [0.29, 0.717) is 43.4 Å². The number of sulfonamides is 1. The molecule has 4 rings (SSSR count). The molecule has 1 fully saturated rings. The largest absolute Gasteiger partial charge is 0.304 e. The third kappa shape index (κ3) is 4.59. The minimum Gasteiger partial charge on any atom is -0.304 e. The molecule has 0 spiro atoms. The van der Waals surface area contributed by atoms with Crippen LogP contribution in [0.25, 0.3) is 0 Å². The smallest absolute Gasteiger partial charge is 0.260 e. The molecule has 166 valence electrons. The fraction of sp³-hybridized carbons (Fsp3) is 0.455. The molecular weight excluding hydrogens is 432 g/mol. The van der Waals surface area contributed by atoms with E-state index in [1.54, 1.807) is 40.5 Å². The number of thiazole rings is 1. The van der Waals surface area contributed by atoms with Crippen molar-refractivity contribution in [2.45, 2.75) is 30.6 Å². The number of hydrogen-bond acceptors (Lipinski definition) is 6. The van der Waals surface area contributed by atoms with Crippen LogP contribution in [0, 0.1) is 0 Å². The highest BCUT2D eigenvalue weighted by Crippen LogP contribution is 2.32. The fourth-order valence-electron chi connectivity index (χ4n) is 3.95. The molecule has 0 atom stereocenters. The van der Waals surface area contributed by atoms with Gasteiger partial charge in [0.1, 0.15) is 0 Å². The lowest BCUT2D eigenvalue weighted by Crippen LogP contribution is -2.47. The molecule has 9 heteroatoms. The molecule has 0 unspecified atom stereocenters. The van der Waals surface area contributed by atoms with Crippen molar-refractivity contribution in [3.63, 3.8) is 0 Å². The van der Waals surface area contributed by atoms with E-state index in [-0.39, 0.29) is 10.8 Å². The van der Waals surface area contributed by atoms with Crippen molar-refractivity contribution < 1.29 is 13.2 Å². The summed E-state index contributed by atoms with van der Waals surface area (Å²) < 4.78 is 27.7. The molecule has 2 heterocycles. The van der Waals surface area contributed by atoms with Crippen LogP contribution < -0.4 is 4.90 Å². The van der Waals surface area contributed by atoms with Crippen molar-refractivity contribution in [1.82, 2.24) is 14.2 Å². The number of hydrogen-bond donors (Lipinski definition) is 0. The standard InChI is InChI=1S/C22H28N4O3S2/c1-3-11-26(22-23-19-9-4-5-10-20(19)30-22)21(27)17-7-6-8-18(16-17)31(28,29)25-14-12-24(2)13-15-25/h3,6-8,16H,1,4-5,9-15H2,2H3. The summed E-state index contributed by atoms with van der Waals surface area (Å²) in [5.74, 6) is -0.263. The zero-order chi connectivity index (χ0) is 22.0. The number of fused-ring (bicyclic) bond motifs is 1. The van der Waals surface area contributed by atoms with Gasteiger partial charge in [-0.05, 0) is 50.9 Å². The Labute approximate surface area is 188 Å². The molecule has 1 saturated heterocycles. The lowest BCUT2D eigenvalue weighted by molar-refractivity contribution is 0.0989. The van der Waals surface area contributed by atoms with Crippen LogP contribution in [0.5, 0.6) is 0 Å². The number of amides is 1. The SMILES string of the molecule is C=CCN(C(=O)c1cccc(S(=O)(=O)N2CCN(C)CC2)c1)c1nc2c(s1)CCCC2. The van der Waals surface area contributed by atoms with E-state index in [0.717, 1.165) is 31.4 Å². The van der Waals surface area contributed by atoms with Crippen molar-refractivity contribution >= 4 is 32.4 Å². The van der Waals surface area contributed by atoms with Gasteiger partial charge < -0.3 is 4.90 Å². The van der Waals surface area contributed by atoms with Crippen molar-refractivity contribution in [2.75, 3.05) is 44.7 Å². The predicted octanol–water partition coefficient (Wildman–Crippen LogP) is 2.79. The van der Waals surface area contributed by atoms with Crippen LogP contribution in [-0.4, -0.2) is 68.3 Å². The number of likely N-dealkylation sites (N-methyl/N-ethyl adjacent to an activating group) is 1. The predicted molar refractivity (Wildman–Crippen MR) is 123 cm³/mol. The Bertz CT molecular complexity index is 1050. The number of carbonyl (C=O) groups excluding carboxylic acids is 1. The molecule has 0 bridgehead atoms. The number of carbonyl (C=O) groups is 1. The van der Waals surface area contributed by atoms with Gasteiger partial charge in [0, 0.05) is 43.2 Å². The third-order valence-electron chi connectivity index (χ3n) is 5.80. The first-order chi connectivity index (χ1) is 14.9. The van der Waals surface area contributed by atoms with E-state index in [9.17, 15) is 13.2 Å². The Hall–Kier alpha value is -2.07. The fourth-order valence-corrected chi connectivity index (χ4v) is 6.58. The topological polar surface area (TPSA) is 73.8 Å². The monoisotopic (exact) mass is 460 g/mol. The van der Waals surface area contributed by atoms with E-state index in [2.05, 4.69) is 11.5 Å². The van der Waals surface area contributed by atoms with Crippen molar-refractivity contribution in [2.24, 2.45) is 0 Å². The van der Waals surface area contributed by atoms with Crippen LogP contribution in [0.2, 0.25) is 0 Å². The molecule has 1 aliphatic heterocycles. The van der Waals surface area contributed by atoms with Gasteiger partial charge in [0.15, 0.2) is 5.13 Å². The van der Waals surface area contributed by atoms with E-state index in [4.69, 9.17) is 4.98 Å². The maximum absolute atomic E-state index is 13.4. The average molecular weight is 461 g/mol. The first-order valence-electron chi connectivity index (χ1n) is 10.6. The molecule has 2 aliphatic rings. The van der Waals surface area contributed by atoms with Crippen molar-refractivity contribution in [1.29, 1.82) is 0 Å². The van der Waals surface area contributed by atoms with Crippen LogP contribution in [0.4, 0.5) is 5.13 Å². The summed E-state index contributed by atoms with van der Waals surface area (Å²) in [6.45, 7) is 6.39. The van der Waals surface area contributed by atoms with Gasteiger partial charge in [-0.3, -0.25) is 9.69 Å². The molecule has 7 nitrogen and oxygen atoms in total. The molecule has 0 N–H and O–H groups in total. The summed E-state index contributed by atoms with van der Waals surface area (Å²) in [7, 11) is -1.66. The number of aromatic nitrogens is 1. The highest BCUT2D eigenvalue weighted by molar-refractivity contribution is 7.89. The Morgan fingerprint density at radius 1 is 1.23 bits per heavy atom. The van der Waals surface area contributed by atoms with Gasteiger partial charge in [-0.2, -0.15) is 4.31 Å². The molecule has 1 aliphatic carbocycles. The number of rotatable bonds is 6. The van der Waals surface area contributed by atoms with Gasteiger partial charge in [0.25, 0.3) is 5.91 Å². The summed E-state index contributed by atoms with van der Waals surface area (Å²) in [4.78, 5) is 23.2. The summed E-state index contributed by atoms with van der Waals surface area (Å²) in [6, 6.07) is 6.34. The minimum atomic E-state index is -3.64. The Kier molecular flexibility index (Phi) is 6.57. The van der Waals surface area contributed by atoms with E-state index >= 15 is 0 Å². The number of aryl methyl sites for hydroxylation is 2. The Balaban J connectivity index is 1.61. The molecule has 2 aromatic rings. The van der Waals surface area contributed by atoms with Gasteiger partial charge >= 0.3 is 0 Å². The number of piperazine rings is 1. The highest BCUT2D eigenvalue weighted by Gasteiger charge is 2.29. The van der Waals surface area contributed by atoms with Crippen LogP contribution in [0.3, 0.4) is 0 Å². The molecule has 1 aromatic heterocycles. The van der Waals surface area contributed by atoms with Crippen molar-refractivity contribution in [3.8, 4) is 0 Å². The van der Waals surface area contributed by atoms with E-state index in [1.165, 1.54) is 15.2 Å². The van der Waals surface area contributed by atoms with Gasteiger partial charge in [-0.15, -0.1) is 17.9 Å². The molecule has 1 amide bonds. The van der Waals surface area contributed by atoms with Gasteiger partial charge in [0.05, 0.1) is 10.6 Å². The lowest BCUT2D eigenvalue weighted by atomic mass is 10.0. The zero-order valence-electron chi connectivity index (χ0n) is 17.8. The van der Waals surface area contributed by atoms with E-state index < -0.39 is 10.0 Å². The van der Waals surface area contributed by atoms with Crippen LogP contribution in [0.15, 0.2) is 41.8 Å². The molecule has 0 saturated carbocycles.